The molecule has 3 rings (SSSR count). The van der Waals surface area contributed by atoms with E-state index in [1.165, 1.54) is 16.0 Å². The van der Waals surface area contributed by atoms with Gasteiger partial charge in [0.1, 0.15) is 6.54 Å². The molecule has 1 unspecified atom stereocenters. The summed E-state index contributed by atoms with van der Waals surface area (Å²) in [6.45, 7) is 4.55. The average molecular weight is 359 g/mol. The zero-order valence-corrected chi connectivity index (χ0v) is 15.7. The van der Waals surface area contributed by atoms with Gasteiger partial charge in [0.15, 0.2) is 0 Å². The first-order chi connectivity index (χ1) is 12.0. The van der Waals surface area contributed by atoms with Crippen LogP contribution in [-0.4, -0.2) is 33.2 Å². The number of aryl methyl sites for hydroxylation is 3. The summed E-state index contributed by atoms with van der Waals surface area (Å²) in [5.74, 6) is 0.00809. The fourth-order valence-corrected chi connectivity index (χ4v) is 4.12. The maximum absolute atomic E-state index is 12.8. The SMILES string of the molecule is Cc1cc(=O)n(CC(=O)N2CCCCC2CCc2cccs2)nc1C. The van der Waals surface area contributed by atoms with Gasteiger partial charge in [0.25, 0.3) is 5.56 Å². The van der Waals surface area contributed by atoms with Gasteiger partial charge in [-0.1, -0.05) is 6.07 Å². The van der Waals surface area contributed by atoms with Gasteiger partial charge in [-0.2, -0.15) is 5.10 Å². The highest BCUT2D eigenvalue weighted by atomic mass is 32.1. The molecule has 3 heterocycles. The van der Waals surface area contributed by atoms with Gasteiger partial charge in [-0.25, -0.2) is 4.68 Å². The van der Waals surface area contributed by atoms with Gasteiger partial charge in [0.2, 0.25) is 5.91 Å². The largest absolute Gasteiger partial charge is 0.338 e. The van der Waals surface area contributed by atoms with Crippen molar-refractivity contribution in [3.05, 3.63) is 50.1 Å². The molecule has 0 saturated carbocycles. The normalized spacial score (nSPS) is 17.7. The molecule has 0 spiro atoms. The van der Waals surface area contributed by atoms with Crippen LogP contribution in [0, 0.1) is 13.8 Å². The van der Waals surface area contributed by atoms with Crippen LogP contribution in [0.5, 0.6) is 0 Å². The Labute approximate surface area is 152 Å². The van der Waals surface area contributed by atoms with Crippen LogP contribution in [0.3, 0.4) is 0 Å². The van der Waals surface area contributed by atoms with E-state index in [4.69, 9.17) is 0 Å². The first kappa shape index (κ1) is 17.9. The van der Waals surface area contributed by atoms with Crippen molar-refractivity contribution in [1.29, 1.82) is 0 Å². The first-order valence-electron chi connectivity index (χ1n) is 8.92. The van der Waals surface area contributed by atoms with Gasteiger partial charge in [-0.3, -0.25) is 9.59 Å². The molecule has 2 aromatic rings. The second-order valence-electron chi connectivity index (χ2n) is 6.76. The molecule has 1 atom stereocenters. The second kappa shape index (κ2) is 7.95. The molecule has 134 valence electrons. The number of nitrogens with zero attached hydrogens (tertiary/aromatic N) is 3. The van der Waals surface area contributed by atoms with E-state index in [-0.39, 0.29) is 24.1 Å². The van der Waals surface area contributed by atoms with Crippen LogP contribution in [0.15, 0.2) is 28.4 Å². The minimum absolute atomic E-state index is 0.00809. The molecule has 25 heavy (non-hydrogen) atoms. The molecule has 0 radical (unpaired) electrons. The maximum atomic E-state index is 12.8. The Morgan fingerprint density at radius 1 is 1.36 bits per heavy atom. The zero-order valence-electron chi connectivity index (χ0n) is 14.9. The summed E-state index contributed by atoms with van der Waals surface area (Å²) in [7, 11) is 0. The van der Waals surface area contributed by atoms with Gasteiger partial charge in [-0.05, 0) is 63.0 Å². The fraction of sp³-hybridized carbons (Fsp3) is 0.526. The number of piperidine rings is 1. The van der Waals surface area contributed by atoms with E-state index in [0.29, 0.717) is 0 Å². The lowest BCUT2D eigenvalue weighted by molar-refractivity contribution is -0.136. The molecule has 1 aliphatic rings. The quantitative estimate of drug-likeness (QED) is 0.825. The topological polar surface area (TPSA) is 55.2 Å². The van der Waals surface area contributed by atoms with Gasteiger partial charge < -0.3 is 4.90 Å². The van der Waals surface area contributed by atoms with Crippen LogP contribution >= 0.6 is 11.3 Å². The molecule has 0 aliphatic carbocycles. The molecule has 0 bridgehead atoms. The molecule has 1 fully saturated rings. The molecule has 2 aromatic heterocycles. The number of carbonyl (C=O) groups is 1. The average Bonchev–Trinajstić information content (AvgIpc) is 3.11. The van der Waals surface area contributed by atoms with E-state index < -0.39 is 0 Å². The van der Waals surface area contributed by atoms with Crippen LogP contribution in [0.1, 0.15) is 41.8 Å². The van der Waals surface area contributed by atoms with Crippen LogP contribution < -0.4 is 5.56 Å². The maximum Gasteiger partial charge on any atom is 0.267 e. The van der Waals surface area contributed by atoms with Gasteiger partial charge >= 0.3 is 0 Å². The van der Waals surface area contributed by atoms with E-state index in [0.717, 1.165) is 43.5 Å². The van der Waals surface area contributed by atoms with Crippen LogP contribution in [0.25, 0.3) is 0 Å². The number of amides is 1. The Morgan fingerprint density at radius 3 is 2.96 bits per heavy atom. The van der Waals surface area contributed by atoms with E-state index in [9.17, 15) is 9.59 Å². The second-order valence-corrected chi connectivity index (χ2v) is 7.80. The lowest BCUT2D eigenvalue weighted by atomic mass is 9.97. The summed E-state index contributed by atoms with van der Waals surface area (Å²) < 4.78 is 1.30. The Kier molecular flexibility index (Phi) is 5.68. The van der Waals surface area contributed by atoms with Gasteiger partial charge in [0, 0.05) is 23.5 Å². The molecule has 0 N–H and O–H groups in total. The van der Waals surface area contributed by atoms with Crippen LogP contribution in [0.4, 0.5) is 0 Å². The minimum Gasteiger partial charge on any atom is -0.338 e. The van der Waals surface area contributed by atoms with Crippen molar-refractivity contribution in [3.63, 3.8) is 0 Å². The van der Waals surface area contributed by atoms with Crippen molar-refractivity contribution in [2.45, 2.75) is 58.5 Å². The number of carbonyl (C=O) groups excluding carboxylic acids is 1. The third-order valence-corrected chi connectivity index (χ3v) is 5.91. The summed E-state index contributed by atoms with van der Waals surface area (Å²) in [5.41, 5.74) is 1.45. The molecular formula is C19H25N3O2S. The summed E-state index contributed by atoms with van der Waals surface area (Å²) in [6, 6.07) is 6.05. The standard InChI is InChI=1S/C19H25N3O2S/c1-14-12-18(23)22(20-15(14)2)13-19(24)21-10-4-3-6-16(21)8-9-17-7-5-11-25-17/h5,7,11-12,16H,3-4,6,8-10,13H2,1-2H3. The van der Waals surface area contributed by atoms with Gasteiger partial charge in [0.05, 0.1) is 5.69 Å². The summed E-state index contributed by atoms with van der Waals surface area (Å²) in [5, 5.41) is 6.37. The molecule has 0 aromatic carbocycles. The smallest absolute Gasteiger partial charge is 0.267 e. The van der Waals surface area contributed by atoms with Crippen molar-refractivity contribution in [1.82, 2.24) is 14.7 Å². The Morgan fingerprint density at radius 2 is 2.20 bits per heavy atom. The highest BCUT2D eigenvalue weighted by Crippen LogP contribution is 2.23. The summed E-state index contributed by atoms with van der Waals surface area (Å²) in [6.07, 6.45) is 5.25. The number of thiophene rings is 1. The Hall–Kier alpha value is -1.95. The van der Waals surface area contributed by atoms with Crippen molar-refractivity contribution >= 4 is 17.2 Å². The highest BCUT2D eigenvalue weighted by Gasteiger charge is 2.27. The van der Waals surface area contributed by atoms with Crippen molar-refractivity contribution in [2.75, 3.05) is 6.54 Å². The fourth-order valence-electron chi connectivity index (χ4n) is 3.40. The van der Waals surface area contributed by atoms with E-state index in [1.54, 1.807) is 17.4 Å². The molecule has 1 amide bonds. The molecule has 6 heteroatoms. The number of aromatic nitrogens is 2. The molecular weight excluding hydrogens is 334 g/mol. The Bertz CT molecular complexity index is 782. The van der Waals surface area contributed by atoms with Gasteiger partial charge in [-0.15, -0.1) is 11.3 Å². The zero-order chi connectivity index (χ0) is 17.8. The number of rotatable bonds is 5. The predicted molar refractivity (Wildman–Crippen MR) is 100.0 cm³/mol. The predicted octanol–water partition coefficient (Wildman–Crippen LogP) is 2.94. The molecule has 5 nitrogen and oxygen atoms in total. The van der Waals surface area contributed by atoms with Crippen molar-refractivity contribution in [3.8, 4) is 0 Å². The molecule has 1 aliphatic heterocycles. The number of hydrogen-bond acceptors (Lipinski definition) is 4. The third-order valence-electron chi connectivity index (χ3n) is 4.97. The monoisotopic (exact) mass is 359 g/mol. The van der Waals surface area contributed by atoms with Crippen molar-refractivity contribution in [2.24, 2.45) is 0 Å². The lowest BCUT2D eigenvalue weighted by Gasteiger charge is -2.36. The number of hydrogen-bond donors (Lipinski definition) is 0. The summed E-state index contributed by atoms with van der Waals surface area (Å²) in [4.78, 5) is 28.3. The van der Waals surface area contributed by atoms with E-state index >= 15 is 0 Å². The van der Waals surface area contributed by atoms with Crippen molar-refractivity contribution < 1.29 is 4.79 Å². The van der Waals surface area contributed by atoms with E-state index in [2.05, 4.69) is 22.6 Å². The number of likely N-dealkylation sites (tertiary alicyclic amines) is 1. The minimum atomic E-state index is -0.205. The Balaban J connectivity index is 1.68. The third kappa shape index (κ3) is 4.37. The summed E-state index contributed by atoms with van der Waals surface area (Å²) >= 11 is 1.77. The van der Waals surface area contributed by atoms with Crippen LogP contribution in [-0.2, 0) is 17.8 Å². The lowest BCUT2D eigenvalue weighted by Crippen LogP contribution is -2.46. The highest BCUT2D eigenvalue weighted by molar-refractivity contribution is 7.09. The van der Waals surface area contributed by atoms with Crippen LogP contribution in [0.2, 0.25) is 0 Å². The molecule has 1 saturated heterocycles. The van der Waals surface area contributed by atoms with E-state index in [1.807, 2.05) is 18.7 Å². The first-order valence-corrected chi connectivity index (χ1v) is 9.80.